The lowest BCUT2D eigenvalue weighted by Gasteiger charge is -2.18. The van der Waals surface area contributed by atoms with E-state index in [2.05, 4.69) is 12.2 Å². The molecule has 0 heterocycles. The number of hydrogen-bond donors (Lipinski definition) is 1. The maximum Gasteiger partial charge on any atom is 0.124 e. The molecule has 0 spiro atoms. The van der Waals surface area contributed by atoms with Crippen LogP contribution >= 0.6 is 11.6 Å². The van der Waals surface area contributed by atoms with Crippen LogP contribution in [0.15, 0.2) is 18.2 Å². The van der Waals surface area contributed by atoms with Crippen molar-refractivity contribution in [3.8, 4) is 0 Å². The molecule has 0 aliphatic rings. The Labute approximate surface area is 107 Å². The maximum absolute atomic E-state index is 12.9. The zero-order valence-electron chi connectivity index (χ0n) is 10.3. The van der Waals surface area contributed by atoms with Crippen molar-refractivity contribution in [2.45, 2.75) is 25.8 Å². The van der Waals surface area contributed by atoms with E-state index >= 15 is 0 Å². The van der Waals surface area contributed by atoms with Crippen LogP contribution in [0.2, 0.25) is 5.02 Å². The largest absolute Gasteiger partial charge is 0.383 e. The Kier molecular flexibility index (Phi) is 6.48. The molecule has 1 N–H and O–H groups in total. The third kappa shape index (κ3) is 5.02. The van der Waals surface area contributed by atoms with Crippen molar-refractivity contribution in [2.75, 3.05) is 20.3 Å². The minimum atomic E-state index is -0.302. The number of methoxy groups -OCH3 is 1. The van der Waals surface area contributed by atoms with Crippen molar-refractivity contribution in [1.82, 2.24) is 5.32 Å². The first-order valence-electron chi connectivity index (χ1n) is 5.83. The molecule has 0 fully saturated rings. The minimum Gasteiger partial charge on any atom is -0.383 e. The molecule has 0 radical (unpaired) electrons. The maximum atomic E-state index is 12.9. The van der Waals surface area contributed by atoms with E-state index < -0.39 is 0 Å². The van der Waals surface area contributed by atoms with Gasteiger partial charge in [0.2, 0.25) is 0 Å². The summed E-state index contributed by atoms with van der Waals surface area (Å²) in [5.74, 6) is -0.302. The Morgan fingerprint density at radius 1 is 1.47 bits per heavy atom. The van der Waals surface area contributed by atoms with Crippen LogP contribution in [0.3, 0.4) is 0 Å². The molecule has 96 valence electrons. The number of benzene rings is 1. The second kappa shape index (κ2) is 7.64. The van der Waals surface area contributed by atoms with Gasteiger partial charge in [0.1, 0.15) is 5.82 Å². The SMILES string of the molecule is CCCNC(COC)Cc1ccc(F)cc1Cl. The molecule has 2 nitrogen and oxygen atoms in total. The minimum absolute atomic E-state index is 0.211. The number of rotatable bonds is 7. The zero-order chi connectivity index (χ0) is 12.7. The highest BCUT2D eigenvalue weighted by atomic mass is 35.5. The third-order valence-corrected chi connectivity index (χ3v) is 2.88. The van der Waals surface area contributed by atoms with Crippen molar-refractivity contribution < 1.29 is 9.13 Å². The average Bonchev–Trinajstić information content (AvgIpc) is 2.29. The lowest BCUT2D eigenvalue weighted by atomic mass is 10.1. The van der Waals surface area contributed by atoms with Crippen molar-refractivity contribution >= 4 is 11.6 Å². The normalized spacial score (nSPS) is 12.7. The smallest absolute Gasteiger partial charge is 0.124 e. The Hall–Kier alpha value is -0.640. The average molecular weight is 260 g/mol. The number of hydrogen-bond acceptors (Lipinski definition) is 2. The first kappa shape index (κ1) is 14.4. The van der Waals surface area contributed by atoms with Gasteiger partial charge in [-0.15, -0.1) is 0 Å². The predicted molar refractivity (Wildman–Crippen MR) is 69.1 cm³/mol. The molecule has 17 heavy (non-hydrogen) atoms. The van der Waals surface area contributed by atoms with Crippen LogP contribution in [0, 0.1) is 5.82 Å². The van der Waals surface area contributed by atoms with E-state index in [1.165, 1.54) is 12.1 Å². The molecular weight excluding hydrogens is 241 g/mol. The van der Waals surface area contributed by atoms with Crippen molar-refractivity contribution in [3.63, 3.8) is 0 Å². The summed E-state index contributed by atoms with van der Waals surface area (Å²) >= 11 is 6.00. The summed E-state index contributed by atoms with van der Waals surface area (Å²) in [6, 6.07) is 4.72. The van der Waals surface area contributed by atoms with Gasteiger partial charge in [0, 0.05) is 18.2 Å². The monoisotopic (exact) mass is 259 g/mol. The molecule has 1 aromatic carbocycles. The van der Waals surface area contributed by atoms with Gasteiger partial charge in [-0.1, -0.05) is 24.6 Å². The summed E-state index contributed by atoms with van der Waals surface area (Å²) in [6.45, 7) is 3.67. The highest BCUT2D eigenvalue weighted by Crippen LogP contribution is 2.18. The molecule has 1 rings (SSSR count). The van der Waals surface area contributed by atoms with E-state index in [1.807, 2.05) is 0 Å². The summed E-state index contributed by atoms with van der Waals surface area (Å²) in [5.41, 5.74) is 0.943. The molecule has 0 amide bonds. The van der Waals surface area contributed by atoms with Crippen molar-refractivity contribution in [3.05, 3.63) is 34.6 Å². The summed E-state index contributed by atoms with van der Waals surface area (Å²) in [6.07, 6.45) is 1.81. The molecule has 0 aromatic heterocycles. The lowest BCUT2D eigenvalue weighted by Crippen LogP contribution is -2.35. The highest BCUT2D eigenvalue weighted by Gasteiger charge is 2.11. The molecule has 0 bridgehead atoms. The summed E-state index contributed by atoms with van der Waals surface area (Å²) < 4.78 is 18.1. The predicted octanol–water partition coefficient (Wildman–Crippen LogP) is 3.04. The first-order chi connectivity index (χ1) is 8.17. The molecule has 1 aromatic rings. The Bertz CT molecular complexity index is 346. The standard InChI is InChI=1S/C13H19ClFNO/c1-3-6-16-12(9-17-2)7-10-4-5-11(15)8-13(10)14/h4-5,8,12,16H,3,6-7,9H2,1-2H3. The van der Waals surface area contributed by atoms with Gasteiger partial charge in [0.15, 0.2) is 0 Å². The molecule has 0 saturated heterocycles. The second-order valence-electron chi connectivity index (χ2n) is 4.05. The molecule has 1 unspecified atom stereocenters. The van der Waals surface area contributed by atoms with Crippen LogP contribution in [-0.4, -0.2) is 26.3 Å². The summed E-state index contributed by atoms with van der Waals surface area (Å²) in [5, 5.41) is 3.86. The number of ether oxygens (including phenoxy) is 1. The van der Waals surface area contributed by atoms with E-state index in [1.54, 1.807) is 13.2 Å². The third-order valence-electron chi connectivity index (χ3n) is 2.53. The van der Waals surface area contributed by atoms with Gasteiger partial charge in [0.25, 0.3) is 0 Å². The van der Waals surface area contributed by atoms with Crippen molar-refractivity contribution in [2.24, 2.45) is 0 Å². The fraction of sp³-hybridized carbons (Fsp3) is 0.538. The van der Waals surface area contributed by atoms with Gasteiger partial charge < -0.3 is 10.1 Å². The quantitative estimate of drug-likeness (QED) is 0.813. The Morgan fingerprint density at radius 3 is 2.82 bits per heavy atom. The number of nitrogens with one attached hydrogen (secondary N) is 1. The molecule has 0 saturated carbocycles. The Balaban J connectivity index is 2.64. The van der Waals surface area contributed by atoms with Crippen LogP contribution in [0.1, 0.15) is 18.9 Å². The van der Waals surface area contributed by atoms with Gasteiger partial charge >= 0.3 is 0 Å². The first-order valence-corrected chi connectivity index (χ1v) is 6.21. The second-order valence-corrected chi connectivity index (χ2v) is 4.45. The summed E-state index contributed by atoms with van der Waals surface area (Å²) in [4.78, 5) is 0. The van der Waals surface area contributed by atoms with Crippen LogP contribution in [0.4, 0.5) is 4.39 Å². The van der Waals surface area contributed by atoms with E-state index in [9.17, 15) is 4.39 Å². The van der Waals surface area contributed by atoms with Gasteiger partial charge in [-0.25, -0.2) is 4.39 Å². The molecule has 1 atom stereocenters. The van der Waals surface area contributed by atoms with Crippen LogP contribution in [-0.2, 0) is 11.2 Å². The lowest BCUT2D eigenvalue weighted by molar-refractivity contribution is 0.166. The Morgan fingerprint density at radius 2 is 2.24 bits per heavy atom. The van der Waals surface area contributed by atoms with Gasteiger partial charge in [0.05, 0.1) is 6.61 Å². The summed E-state index contributed by atoms with van der Waals surface area (Å²) in [7, 11) is 1.67. The van der Waals surface area contributed by atoms with E-state index in [4.69, 9.17) is 16.3 Å². The van der Waals surface area contributed by atoms with Gasteiger partial charge in [-0.2, -0.15) is 0 Å². The van der Waals surface area contributed by atoms with Gasteiger partial charge in [-0.05, 0) is 37.1 Å². The van der Waals surface area contributed by atoms with Crippen LogP contribution in [0.5, 0.6) is 0 Å². The molecular formula is C13H19ClFNO. The van der Waals surface area contributed by atoms with E-state index in [-0.39, 0.29) is 11.9 Å². The van der Waals surface area contributed by atoms with Gasteiger partial charge in [-0.3, -0.25) is 0 Å². The molecule has 0 aliphatic heterocycles. The van der Waals surface area contributed by atoms with Crippen LogP contribution < -0.4 is 5.32 Å². The van der Waals surface area contributed by atoms with Crippen molar-refractivity contribution in [1.29, 1.82) is 0 Å². The molecule has 4 heteroatoms. The fourth-order valence-corrected chi connectivity index (χ4v) is 1.94. The molecule has 0 aliphatic carbocycles. The fourth-order valence-electron chi connectivity index (χ4n) is 1.69. The topological polar surface area (TPSA) is 21.3 Å². The highest BCUT2D eigenvalue weighted by molar-refractivity contribution is 6.31. The zero-order valence-corrected chi connectivity index (χ0v) is 11.1. The van der Waals surface area contributed by atoms with E-state index in [0.29, 0.717) is 11.6 Å². The van der Waals surface area contributed by atoms with Crippen LogP contribution in [0.25, 0.3) is 0 Å². The van der Waals surface area contributed by atoms with E-state index in [0.717, 1.165) is 24.9 Å². The number of halogens is 2.